The number of benzene rings is 3. The summed E-state index contributed by atoms with van der Waals surface area (Å²) < 4.78 is 12.7. The summed E-state index contributed by atoms with van der Waals surface area (Å²) in [5.41, 5.74) is 3.87. The van der Waals surface area contributed by atoms with Crippen LogP contribution in [0.3, 0.4) is 0 Å². The Morgan fingerprint density at radius 3 is 2.21 bits per heavy atom. The van der Waals surface area contributed by atoms with E-state index >= 15 is 0 Å². The first-order valence-corrected chi connectivity index (χ1v) is 16.9. The number of fused-ring (bicyclic) bond motifs is 1. The molecule has 7 heteroatoms. The molecule has 38 heavy (non-hydrogen) atoms. The molecule has 0 bridgehead atoms. The lowest BCUT2D eigenvalue weighted by atomic mass is 10.1. The Labute approximate surface area is 230 Å². The van der Waals surface area contributed by atoms with Gasteiger partial charge in [-0.2, -0.15) is 0 Å². The molecule has 0 fully saturated rings. The third-order valence-electron chi connectivity index (χ3n) is 6.70. The number of rotatable bonds is 9. The minimum Gasteiger partial charge on any atom is -0.497 e. The van der Waals surface area contributed by atoms with Gasteiger partial charge in [0.2, 0.25) is 0 Å². The smallest absolute Gasteiger partial charge is 0.315 e. The second-order valence-corrected chi connectivity index (χ2v) is 16.9. The highest BCUT2D eigenvalue weighted by atomic mass is 35.5. The zero-order valence-corrected chi connectivity index (χ0v) is 24.4. The minimum atomic E-state index is -1.04. The molecule has 0 N–H and O–H groups in total. The lowest BCUT2D eigenvalue weighted by molar-refractivity contribution is -0.133. The lowest BCUT2D eigenvalue weighted by Crippen LogP contribution is -2.18. The van der Waals surface area contributed by atoms with E-state index in [9.17, 15) is 9.59 Å². The number of carbonyl (C=O) groups is 2. The summed E-state index contributed by atoms with van der Waals surface area (Å²) in [5, 5.41) is 1.34. The van der Waals surface area contributed by atoms with E-state index in [0.29, 0.717) is 33.3 Å². The highest BCUT2D eigenvalue weighted by molar-refractivity contribution is 6.76. The van der Waals surface area contributed by atoms with Gasteiger partial charge in [0.15, 0.2) is 0 Å². The normalized spacial score (nSPS) is 11.5. The molecule has 3 aromatic carbocycles. The van der Waals surface area contributed by atoms with Crippen molar-refractivity contribution in [2.75, 3.05) is 7.11 Å². The molecule has 0 saturated heterocycles. The first-order chi connectivity index (χ1) is 18.1. The van der Waals surface area contributed by atoms with Gasteiger partial charge in [0, 0.05) is 29.7 Å². The van der Waals surface area contributed by atoms with Gasteiger partial charge in [-0.25, -0.2) is 0 Å². The highest BCUT2D eigenvalue weighted by Crippen LogP contribution is 2.31. The maximum atomic E-state index is 13.5. The van der Waals surface area contributed by atoms with E-state index in [-0.39, 0.29) is 18.3 Å². The number of nitrogens with zero attached hydrogens (tertiary/aromatic N) is 1. The summed E-state index contributed by atoms with van der Waals surface area (Å²) in [6.45, 7) is 9.01. The molecule has 0 unspecified atom stereocenters. The molecule has 1 aromatic heterocycles. The third-order valence-corrected chi connectivity index (χ3v) is 8.81. The summed E-state index contributed by atoms with van der Waals surface area (Å²) in [4.78, 5) is 26.5. The van der Waals surface area contributed by atoms with Crippen molar-refractivity contribution in [1.29, 1.82) is 0 Å². The van der Waals surface area contributed by atoms with Crippen LogP contribution in [0.1, 0.15) is 33.6 Å². The Bertz CT molecular complexity index is 1450. The predicted octanol–water partition coefficient (Wildman–Crippen LogP) is 7.72. The van der Waals surface area contributed by atoms with Crippen molar-refractivity contribution in [2.45, 2.75) is 51.9 Å². The zero-order valence-electron chi connectivity index (χ0n) is 22.6. The van der Waals surface area contributed by atoms with E-state index in [1.165, 1.54) is 18.0 Å². The average molecular weight is 548 g/mol. The second kappa shape index (κ2) is 11.6. The number of esters is 1. The largest absolute Gasteiger partial charge is 0.497 e. The topological polar surface area (TPSA) is 57.5 Å². The molecule has 0 amide bonds. The van der Waals surface area contributed by atoms with E-state index in [4.69, 9.17) is 21.1 Å². The van der Waals surface area contributed by atoms with Crippen LogP contribution >= 0.6 is 11.6 Å². The van der Waals surface area contributed by atoms with Gasteiger partial charge in [-0.05, 0) is 79.1 Å². The molecule has 0 atom stereocenters. The van der Waals surface area contributed by atoms with Gasteiger partial charge in [0.05, 0.1) is 19.0 Å². The number of halogens is 1. The predicted molar refractivity (Wildman–Crippen MR) is 157 cm³/mol. The minimum absolute atomic E-state index is 0.0222. The second-order valence-electron chi connectivity index (χ2n) is 10.8. The van der Waals surface area contributed by atoms with Crippen molar-refractivity contribution in [3.8, 4) is 11.5 Å². The van der Waals surface area contributed by atoms with Gasteiger partial charge in [-0.1, -0.05) is 55.8 Å². The Hall–Kier alpha value is -3.35. The fourth-order valence-corrected chi connectivity index (χ4v) is 6.02. The molecule has 4 aromatic rings. The first kappa shape index (κ1) is 27.7. The zero-order chi connectivity index (χ0) is 27.4. The Balaban J connectivity index is 1.56. The van der Waals surface area contributed by atoms with Crippen molar-refractivity contribution in [1.82, 2.24) is 4.57 Å². The maximum absolute atomic E-state index is 13.5. The third kappa shape index (κ3) is 6.55. The summed E-state index contributed by atoms with van der Waals surface area (Å²) >= 11 is 6.02. The SMILES string of the molecule is COc1ccc2c(c1)c(CC(=O)Oc1ccc(CCC[Si](C)(C)C)cc1)c(C)n2C(=O)c1ccc(Cl)cc1. The molecule has 5 nitrogen and oxygen atoms in total. The molecule has 0 aliphatic heterocycles. The van der Waals surface area contributed by atoms with E-state index in [0.717, 1.165) is 17.4 Å². The van der Waals surface area contributed by atoms with Crippen LogP contribution in [-0.4, -0.2) is 31.6 Å². The van der Waals surface area contributed by atoms with E-state index in [1.807, 2.05) is 43.3 Å². The Kier molecular flexibility index (Phi) is 8.43. The highest BCUT2D eigenvalue weighted by Gasteiger charge is 2.23. The van der Waals surface area contributed by atoms with Crippen LogP contribution in [0.2, 0.25) is 30.7 Å². The van der Waals surface area contributed by atoms with Crippen LogP contribution in [-0.2, 0) is 17.6 Å². The fraction of sp³-hybridized carbons (Fsp3) is 0.290. The van der Waals surface area contributed by atoms with Crippen molar-refractivity contribution in [3.63, 3.8) is 0 Å². The van der Waals surface area contributed by atoms with Crippen molar-refractivity contribution in [3.05, 3.63) is 94.1 Å². The van der Waals surface area contributed by atoms with Crippen molar-refractivity contribution >= 4 is 42.5 Å². The molecule has 0 aliphatic carbocycles. The number of methoxy groups -OCH3 is 1. The van der Waals surface area contributed by atoms with Crippen LogP contribution in [0.5, 0.6) is 11.5 Å². The standard InChI is InChI=1S/C31H34ClNO4Si/c1-21-27(20-30(34)37-25-14-8-22(9-15-25)7-6-18-38(3,4)5)28-19-26(36-2)16-17-29(28)33(21)31(35)23-10-12-24(32)13-11-23/h8-17,19H,6-7,18,20H2,1-5H3. The van der Waals surface area contributed by atoms with Crippen LogP contribution in [0.4, 0.5) is 0 Å². The van der Waals surface area contributed by atoms with Gasteiger partial charge in [0.1, 0.15) is 11.5 Å². The summed E-state index contributed by atoms with van der Waals surface area (Å²) in [6.07, 6.45) is 2.23. The van der Waals surface area contributed by atoms with E-state index in [1.54, 1.807) is 42.0 Å². The molecule has 0 spiro atoms. The quantitative estimate of drug-likeness (QED) is 0.122. The maximum Gasteiger partial charge on any atom is 0.315 e. The van der Waals surface area contributed by atoms with Gasteiger partial charge < -0.3 is 9.47 Å². The number of hydrogen-bond donors (Lipinski definition) is 0. The van der Waals surface area contributed by atoms with E-state index < -0.39 is 8.07 Å². The van der Waals surface area contributed by atoms with Crippen molar-refractivity contribution < 1.29 is 19.1 Å². The summed E-state index contributed by atoms with van der Waals surface area (Å²) in [7, 11) is 0.546. The molecular weight excluding hydrogens is 514 g/mol. The molecular formula is C31H34ClNO4Si. The van der Waals surface area contributed by atoms with Crippen LogP contribution in [0, 0.1) is 6.92 Å². The number of aryl methyl sites for hydroxylation is 1. The average Bonchev–Trinajstić information content (AvgIpc) is 3.14. The molecule has 1 heterocycles. The summed E-state index contributed by atoms with van der Waals surface area (Å²) in [5.74, 6) is 0.576. The molecule has 0 radical (unpaired) electrons. The van der Waals surface area contributed by atoms with Gasteiger partial charge >= 0.3 is 5.97 Å². The Morgan fingerprint density at radius 2 is 1.58 bits per heavy atom. The Morgan fingerprint density at radius 1 is 0.921 bits per heavy atom. The van der Waals surface area contributed by atoms with Gasteiger partial charge in [-0.15, -0.1) is 0 Å². The number of carbonyl (C=O) groups excluding carboxylic acids is 2. The number of hydrogen-bond acceptors (Lipinski definition) is 4. The molecule has 0 aliphatic rings. The number of aromatic nitrogens is 1. The molecule has 4 rings (SSSR count). The number of ether oxygens (including phenoxy) is 2. The van der Waals surface area contributed by atoms with Crippen LogP contribution < -0.4 is 9.47 Å². The fourth-order valence-electron chi connectivity index (χ4n) is 4.65. The van der Waals surface area contributed by atoms with Crippen LogP contribution in [0.15, 0.2) is 66.7 Å². The molecule has 198 valence electrons. The molecule has 0 saturated carbocycles. The summed E-state index contributed by atoms with van der Waals surface area (Å²) in [6, 6.07) is 21.3. The van der Waals surface area contributed by atoms with Crippen LogP contribution in [0.25, 0.3) is 10.9 Å². The van der Waals surface area contributed by atoms with E-state index in [2.05, 4.69) is 19.6 Å². The van der Waals surface area contributed by atoms with Gasteiger partial charge in [0.25, 0.3) is 5.91 Å². The van der Waals surface area contributed by atoms with Gasteiger partial charge in [-0.3, -0.25) is 14.2 Å². The lowest BCUT2D eigenvalue weighted by Gasteiger charge is -2.15. The van der Waals surface area contributed by atoms with Crippen molar-refractivity contribution in [2.24, 2.45) is 0 Å². The monoisotopic (exact) mass is 547 g/mol. The first-order valence-electron chi connectivity index (χ1n) is 12.8.